The van der Waals surface area contributed by atoms with Crippen LogP contribution in [0.2, 0.25) is 0 Å². The van der Waals surface area contributed by atoms with E-state index in [-0.39, 0.29) is 11.8 Å². The maximum Gasteiger partial charge on any atom is 0.224 e. The average molecular weight is 386 g/mol. The molecule has 0 saturated carbocycles. The van der Waals surface area contributed by atoms with E-state index in [1.54, 1.807) is 0 Å². The van der Waals surface area contributed by atoms with Crippen molar-refractivity contribution in [1.29, 1.82) is 0 Å². The molecule has 1 aromatic heterocycles. The number of anilines is 1. The molecule has 0 bridgehead atoms. The van der Waals surface area contributed by atoms with E-state index in [0.717, 1.165) is 88.7 Å². The summed E-state index contributed by atoms with van der Waals surface area (Å²) in [4.78, 5) is 22.2. The summed E-state index contributed by atoms with van der Waals surface area (Å²) in [7, 11) is 2.06. The van der Waals surface area contributed by atoms with Crippen molar-refractivity contribution in [3.8, 4) is 0 Å². The number of imidazole rings is 1. The van der Waals surface area contributed by atoms with Gasteiger partial charge in [-0.1, -0.05) is 12.1 Å². The van der Waals surface area contributed by atoms with Crippen molar-refractivity contribution >= 4 is 22.9 Å². The fourth-order valence-electron chi connectivity index (χ4n) is 4.27. The number of nitrogens with one attached hydrogen (secondary N) is 1. The van der Waals surface area contributed by atoms with Crippen molar-refractivity contribution in [2.24, 2.45) is 13.0 Å². The zero-order valence-electron chi connectivity index (χ0n) is 16.8. The van der Waals surface area contributed by atoms with Crippen molar-refractivity contribution in [2.45, 2.75) is 19.3 Å². The summed E-state index contributed by atoms with van der Waals surface area (Å²) in [6, 6.07) is 8.19. The molecule has 1 amide bonds. The molecule has 1 N–H and O–H groups in total. The highest BCUT2D eigenvalue weighted by Gasteiger charge is 2.28. The minimum Gasteiger partial charge on any atom is -0.379 e. The lowest BCUT2D eigenvalue weighted by molar-refractivity contribution is -0.125. The van der Waals surface area contributed by atoms with E-state index in [1.165, 1.54) is 0 Å². The van der Waals surface area contributed by atoms with Gasteiger partial charge in [-0.25, -0.2) is 4.98 Å². The number of hydrogen-bond donors (Lipinski definition) is 1. The predicted molar refractivity (Wildman–Crippen MR) is 111 cm³/mol. The van der Waals surface area contributed by atoms with Crippen molar-refractivity contribution in [3.63, 3.8) is 0 Å². The number of piperidine rings is 1. The minimum absolute atomic E-state index is 0.0388. The molecule has 1 atom stereocenters. The Hall–Kier alpha value is -2.12. The lowest BCUT2D eigenvalue weighted by atomic mass is 9.97. The first-order valence-corrected chi connectivity index (χ1v) is 10.5. The van der Waals surface area contributed by atoms with E-state index < -0.39 is 0 Å². The molecule has 152 valence electrons. The quantitative estimate of drug-likeness (QED) is 0.766. The molecule has 2 fully saturated rings. The molecular formula is C21H31N5O2. The fraction of sp³-hybridized carbons (Fsp3) is 0.619. The van der Waals surface area contributed by atoms with Crippen LogP contribution < -0.4 is 10.2 Å². The first kappa shape index (κ1) is 19.2. The molecule has 7 nitrogen and oxygen atoms in total. The van der Waals surface area contributed by atoms with Crippen LogP contribution in [-0.4, -0.2) is 72.8 Å². The Morgan fingerprint density at radius 2 is 2.07 bits per heavy atom. The number of nitrogens with zero attached hydrogens (tertiary/aromatic N) is 4. The second kappa shape index (κ2) is 8.92. The SMILES string of the molecule is Cn1c(N2CCC[C@@H](C(=O)NCCCN3CCOCC3)C2)nc2ccccc21. The van der Waals surface area contributed by atoms with Gasteiger partial charge in [0.2, 0.25) is 11.9 Å². The lowest BCUT2D eigenvalue weighted by Gasteiger charge is -2.32. The number of carbonyl (C=O) groups is 1. The fourth-order valence-corrected chi connectivity index (χ4v) is 4.27. The predicted octanol–water partition coefficient (Wildman–Crippen LogP) is 1.63. The number of aryl methyl sites for hydroxylation is 1. The summed E-state index contributed by atoms with van der Waals surface area (Å²) >= 11 is 0. The Bertz CT molecular complexity index is 799. The number of fused-ring (bicyclic) bond motifs is 1. The second-order valence-electron chi connectivity index (χ2n) is 7.84. The van der Waals surface area contributed by atoms with Crippen LogP contribution in [-0.2, 0) is 16.6 Å². The standard InChI is InChI=1S/C21H31N5O2/c1-24-19-8-3-2-7-18(19)23-21(24)26-11-4-6-17(16-26)20(27)22-9-5-10-25-12-14-28-15-13-25/h2-3,7-8,17H,4-6,9-16H2,1H3,(H,22,27)/t17-/m1/s1. The smallest absolute Gasteiger partial charge is 0.224 e. The number of carbonyl (C=O) groups excluding carboxylic acids is 1. The third-order valence-electron chi connectivity index (χ3n) is 5.89. The molecule has 0 aliphatic carbocycles. The van der Waals surface area contributed by atoms with E-state index in [2.05, 4.69) is 32.8 Å². The van der Waals surface area contributed by atoms with Crippen LogP contribution in [0.5, 0.6) is 0 Å². The third kappa shape index (κ3) is 4.31. The molecule has 7 heteroatoms. The number of rotatable bonds is 6. The number of morpholine rings is 1. The maximum atomic E-state index is 12.7. The summed E-state index contributed by atoms with van der Waals surface area (Å²) in [5, 5.41) is 3.15. The lowest BCUT2D eigenvalue weighted by Crippen LogP contribution is -2.44. The molecule has 2 aromatic rings. The van der Waals surface area contributed by atoms with Crippen LogP contribution in [0.4, 0.5) is 5.95 Å². The van der Waals surface area contributed by atoms with Gasteiger partial charge < -0.3 is 19.5 Å². The van der Waals surface area contributed by atoms with E-state index >= 15 is 0 Å². The largest absolute Gasteiger partial charge is 0.379 e. The number of benzene rings is 1. The summed E-state index contributed by atoms with van der Waals surface area (Å²) in [6.07, 6.45) is 2.97. The number of amides is 1. The molecule has 3 heterocycles. The highest BCUT2D eigenvalue weighted by atomic mass is 16.5. The normalized spacial score (nSPS) is 21.2. The van der Waals surface area contributed by atoms with Gasteiger partial charge in [-0.3, -0.25) is 9.69 Å². The topological polar surface area (TPSA) is 62.6 Å². The van der Waals surface area contributed by atoms with Crippen LogP contribution in [0.25, 0.3) is 11.0 Å². The van der Waals surface area contributed by atoms with E-state index in [1.807, 2.05) is 18.2 Å². The van der Waals surface area contributed by atoms with Crippen molar-refractivity contribution in [2.75, 3.05) is 57.4 Å². The molecule has 4 rings (SSSR count). The Morgan fingerprint density at radius 3 is 2.89 bits per heavy atom. The van der Waals surface area contributed by atoms with Crippen molar-refractivity contribution in [1.82, 2.24) is 19.8 Å². The van der Waals surface area contributed by atoms with Crippen LogP contribution in [0.1, 0.15) is 19.3 Å². The Labute approximate surface area is 166 Å². The zero-order chi connectivity index (χ0) is 19.3. The summed E-state index contributed by atoms with van der Waals surface area (Å²) in [5.41, 5.74) is 2.14. The third-order valence-corrected chi connectivity index (χ3v) is 5.89. The number of hydrogen-bond acceptors (Lipinski definition) is 5. The van der Waals surface area contributed by atoms with Crippen LogP contribution in [0.3, 0.4) is 0 Å². The molecule has 2 saturated heterocycles. The first-order valence-electron chi connectivity index (χ1n) is 10.5. The van der Waals surface area contributed by atoms with Gasteiger partial charge in [0.15, 0.2) is 0 Å². The molecule has 0 spiro atoms. The molecule has 28 heavy (non-hydrogen) atoms. The number of aromatic nitrogens is 2. The van der Waals surface area contributed by atoms with Gasteiger partial charge >= 0.3 is 0 Å². The van der Waals surface area contributed by atoms with Gasteiger partial charge in [0.1, 0.15) is 0 Å². The van der Waals surface area contributed by atoms with Crippen LogP contribution in [0.15, 0.2) is 24.3 Å². The first-order chi connectivity index (χ1) is 13.7. The van der Waals surface area contributed by atoms with Crippen LogP contribution in [0, 0.1) is 5.92 Å². The van der Waals surface area contributed by atoms with Crippen LogP contribution >= 0.6 is 0 Å². The maximum absolute atomic E-state index is 12.7. The monoisotopic (exact) mass is 385 g/mol. The Kier molecular flexibility index (Phi) is 6.12. The minimum atomic E-state index is 0.0388. The highest BCUT2D eigenvalue weighted by molar-refractivity contribution is 5.81. The van der Waals surface area contributed by atoms with Gasteiger partial charge in [-0.05, 0) is 37.9 Å². The van der Waals surface area contributed by atoms with E-state index in [9.17, 15) is 4.79 Å². The molecular weight excluding hydrogens is 354 g/mol. The van der Waals surface area contributed by atoms with E-state index in [0.29, 0.717) is 0 Å². The molecule has 2 aliphatic rings. The summed E-state index contributed by atoms with van der Waals surface area (Å²) in [5.74, 6) is 1.19. The molecule has 0 unspecified atom stereocenters. The van der Waals surface area contributed by atoms with Crippen molar-refractivity contribution in [3.05, 3.63) is 24.3 Å². The van der Waals surface area contributed by atoms with Gasteiger partial charge in [-0.15, -0.1) is 0 Å². The van der Waals surface area contributed by atoms with Gasteiger partial charge in [-0.2, -0.15) is 0 Å². The molecule has 2 aliphatic heterocycles. The molecule has 1 aromatic carbocycles. The number of ether oxygens (including phenoxy) is 1. The highest BCUT2D eigenvalue weighted by Crippen LogP contribution is 2.26. The number of para-hydroxylation sites is 2. The van der Waals surface area contributed by atoms with Gasteiger partial charge in [0, 0.05) is 39.8 Å². The Morgan fingerprint density at radius 1 is 1.25 bits per heavy atom. The second-order valence-corrected chi connectivity index (χ2v) is 7.84. The zero-order valence-corrected chi connectivity index (χ0v) is 16.8. The van der Waals surface area contributed by atoms with Gasteiger partial charge in [0.25, 0.3) is 0 Å². The average Bonchev–Trinajstić information content (AvgIpc) is 3.09. The summed E-state index contributed by atoms with van der Waals surface area (Å²) in [6.45, 7) is 7.13. The van der Waals surface area contributed by atoms with Gasteiger partial charge in [0.05, 0.1) is 30.2 Å². The Balaban J connectivity index is 1.29. The molecule has 0 radical (unpaired) electrons. The van der Waals surface area contributed by atoms with Crippen molar-refractivity contribution < 1.29 is 9.53 Å². The summed E-state index contributed by atoms with van der Waals surface area (Å²) < 4.78 is 7.51. The van der Waals surface area contributed by atoms with E-state index in [4.69, 9.17) is 9.72 Å².